The summed E-state index contributed by atoms with van der Waals surface area (Å²) in [6, 6.07) is 5.29. The molecule has 2 aromatic rings. The van der Waals surface area contributed by atoms with Crippen LogP contribution in [0.15, 0.2) is 24.3 Å². The first-order valence-electron chi connectivity index (χ1n) is 9.83. The first-order valence-corrected chi connectivity index (χ1v) is 10.6. The number of anilines is 2. The summed E-state index contributed by atoms with van der Waals surface area (Å²) in [6.45, 7) is 2.60. The largest absolute Gasteiger partial charge is 0.383 e. The number of rotatable bonds is 3. The summed E-state index contributed by atoms with van der Waals surface area (Å²) in [5, 5.41) is 0.968. The van der Waals surface area contributed by atoms with E-state index in [0.717, 1.165) is 42.5 Å². The number of nitrogen functional groups attached to an aromatic ring is 1. The Bertz CT molecular complexity index is 954. The van der Waals surface area contributed by atoms with Crippen LogP contribution in [-0.2, 0) is 17.6 Å². The van der Waals surface area contributed by atoms with E-state index in [-0.39, 0.29) is 5.91 Å². The number of carbonyl (C=O) groups excluding carboxylic acids is 1. The predicted octanol–water partition coefficient (Wildman–Crippen LogP) is 3.61. The van der Waals surface area contributed by atoms with Crippen molar-refractivity contribution in [1.29, 1.82) is 0 Å². The summed E-state index contributed by atoms with van der Waals surface area (Å²) in [5.74, 6) is 1.26. The van der Waals surface area contributed by atoms with Gasteiger partial charge in [0.25, 0.3) is 0 Å². The lowest BCUT2D eigenvalue weighted by molar-refractivity contribution is -0.126. The number of nitrogens with two attached hydrogens (primary N) is 1. The van der Waals surface area contributed by atoms with Crippen molar-refractivity contribution in [2.24, 2.45) is 0 Å². The van der Waals surface area contributed by atoms with Gasteiger partial charge in [0.1, 0.15) is 5.82 Å². The van der Waals surface area contributed by atoms with Gasteiger partial charge in [0.05, 0.1) is 15.7 Å². The zero-order valence-corrected chi connectivity index (χ0v) is 17.6. The van der Waals surface area contributed by atoms with E-state index in [0.29, 0.717) is 48.0 Å². The quantitative estimate of drug-likeness (QED) is 0.751. The highest BCUT2D eigenvalue weighted by molar-refractivity contribution is 6.42. The molecular weight excluding hydrogens is 409 g/mol. The second-order valence-electron chi connectivity index (χ2n) is 7.36. The summed E-state index contributed by atoms with van der Waals surface area (Å²) in [6.07, 6.45) is 7.56. The number of halogens is 2. The highest BCUT2D eigenvalue weighted by Crippen LogP contribution is 2.26. The molecule has 152 valence electrons. The summed E-state index contributed by atoms with van der Waals surface area (Å²) in [7, 11) is 0. The van der Waals surface area contributed by atoms with Crippen molar-refractivity contribution >= 4 is 47.0 Å². The van der Waals surface area contributed by atoms with E-state index in [1.807, 2.05) is 11.0 Å². The van der Waals surface area contributed by atoms with Gasteiger partial charge in [0.2, 0.25) is 11.9 Å². The summed E-state index contributed by atoms with van der Waals surface area (Å²) >= 11 is 11.9. The minimum absolute atomic E-state index is 0.0263. The lowest BCUT2D eigenvalue weighted by atomic mass is 9.96. The molecule has 4 rings (SSSR count). The maximum atomic E-state index is 12.5. The van der Waals surface area contributed by atoms with Crippen LogP contribution >= 0.6 is 23.2 Å². The van der Waals surface area contributed by atoms with Crippen LogP contribution < -0.4 is 10.6 Å². The van der Waals surface area contributed by atoms with E-state index >= 15 is 0 Å². The Morgan fingerprint density at radius 3 is 2.55 bits per heavy atom. The summed E-state index contributed by atoms with van der Waals surface area (Å²) < 4.78 is 0. The zero-order valence-electron chi connectivity index (χ0n) is 16.1. The summed E-state index contributed by atoms with van der Waals surface area (Å²) in [5.41, 5.74) is 9.20. The van der Waals surface area contributed by atoms with Crippen LogP contribution in [0.4, 0.5) is 11.8 Å². The smallest absolute Gasteiger partial charge is 0.246 e. The van der Waals surface area contributed by atoms with Crippen molar-refractivity contribution in [2.45, 2.75) is 25.7 Å². The second kappa shape index (κ2) is 8.59. The van der Waals surface area contributed by atoms with Crippen LogP contribution in [0.1, 0.15) is 29.7 Å². The first-order chi connectivity index (χ1) is 14.0. The molecule has 1 aliphatic heterocycles. The fourth-order valence-corrected chi connectivity index (χ4v) is 4.07. The lowest BCUT2D eigenvalue weighted by Gasteiger charge is -2.34. The molecule has 2 heterocycles. The second-order valence-corrected chi connectivity index (χ2v) is 8.17. The van der Waals surface area contributed by atoms with E-state index in [4.69, 9.17) is 33.9 Å². The molecule has 0 radical (unpaired) electrons. The predicted molar refractivity (Wildman–Crippen MR) is 117 cm³/mol. The maximum absolute atomic E-state index is 12.5. The fourth-order valence-electron chi connectivity index (χ4n) is 3.77. The molecule has 29 heavy (non-hydrogen) atoms. The average molecular weight is 432 g/mol. The highest BCUT2D eigenvalue weighted by atomic mass is 35.5. The Hall–Kier alpha value is -2.31. The Morgan fingerprint density at radius 1 is 1.03 bits per heavy atom. The number of aromatic nitrogens is 2. The number of amides is 1. The molecule has 0 spiro atoms. The maximum Gasteiger partial charge on any atom is 0.246 e. The molecule has 0 unspecified atom stereocenters. The monoisotopic (exact) mass is 431 g/mol. The van der Waals surface area contributed by atoms with Gasteiger partial charge < -0.3 is 15.5 Å². The topological polar surface area (TPSA) is 75.3 Å². The van der Waals surface area contributed by atoms with E-state index in [1.165, 1.54) is 0 Å². The number of benzene rings is 1. The van der Waals surface area contributed by atoms with Gasteiger partial charge in [0, 0.05) is 37.8 Å². The van der Waals surface area contributed by atoms with E-state index in [9.17, 15) is 4.79 Å². The normalized spacial score (nSPS) is 16.9. The highest BCUT2D eigenvalue weighted by Gasteiger charge is 2.24. The number of carbonyl (C=O) groups is 1. The van der Waals surface area contributed by atoms with E-state index in [2.05, 4.69) is 9.88 Å². The molecular formula is C21H23Cl2N5O. The molecule has 6 nitrogen and oxygen atoms in total. The van der Waals surface area contributed by atoms with Gasteiger partial charge in [-0.1, -0.05) is 29.3 Å². The molecule has 0 saturated carbocycles. The third-order valence-electron chi connectivity index (χ3n) is 5.44. The van der Waals surface area contributed by atoms with Crippen molar-refractivity contribution < 1.29 is 4.79 Å². The molecule has 2 aliphatic rings. The zero-order chi connectivity index (χ0) is 20.4. The average Bonchev–Trinajstić information content (AvgIpc) is 2.74. The van der Waals surface area contributed by atoms with Crippen LogP contribution in [0.2, 0.25) is 10.0 Å². The van der Waals surface area contributed by atoms with E-state index < -0.39 is 0 Å². The minimum atomic E-state index is -0.0263. The van der Waals surface area contributed by atoms with Crippen molar-refractivity contribution in [3.63, 3.8) is 0 Å². The molecule has 1 aromatic heterocycles. The molecule has 0 bridgehead atoms. The minimum Gasteiger partial charge on any atom is -0.383 e. The van der Waals surface area contributed by atoms with Gasteiger partial charge in [-0.3, -0.25) is 4.79 Å². The van der Waals surface area contributed by atoms with Gasteiger partial charge in [-0.2, -0.15) is 4.98 Å². The number of hydrogen-bond acceptors (Lipinski definition) is 5. The lowest BCUT2D eigenvalue weighted by Crippen LogP contribution is -2.49. The molecule has 8 heteroatoms. The molecule has 0 atom stereocenters. The third kappa shape index (κ3) is 4.49. The van der Waals surface area contributed by atoms with Crippen LogP contribution in [-0.4, -0.2) is 47.0 Å². The standard InChI is InChI=1S/C21H23Cl2N5O/c22-16-7-5-14(13-17(16)23)6-8-19(29)27-9-11-28(12-10-27)21-25-18-4-2-1-3-15(18)20(24)26-21/h5-8,13H,1-4,9-12H2,(H2,24,25,26)/b8-6+. The molecule has 1 saturated heterocycles. The van der Waals surface area contributed by atoms with Crippen molar-refractivity contribution in [1.82, 2.24) is 14.9 Å². The van der Waals surface area contributed by atoms with Gasteiger partial charge in [-0.05, 0) is 49.5 Å². The molecule has 1 aromatic carbocycles. The van der Waals surface area contributed by atoms with Crippen LogP contribution in [0, 0.1) is 0 Å². The molecule has 1 aliphatic carbocycles. The Labute approximate surface area is 180 Å². The van der Waals surface area contributed by atoms with Crippen molar-refractivity contribution in [2.75, 3.05) is 36.8 Å². The van der Waals surface area contributed by atoms with Crippen molar-refractivity contribution in [3.05, 3.63) is 51.1 Å². The van der Waals surface area contributed by atoms with Crippen LogP contribution in [0.5, 0.6) is 0 Å². The molecule has 1 fully saturated rings. The van der Waals surface area contributed by atoms with Crippen LogP contribution in [0.3, 0.4) is 0 Å². The molecule has 1 amide bonds. The Balaban J connectivity index is 1.38. The SMILES string of the molecule is Nc1nc(N2CCN(C(=O)/C=C/c3ccc(Cl)c(Cl)c3)CC2)nc2c1CCCC2. The van der Waals surface area contributed by atoms with Crippen LogP contribution in [0.25, 0.3) is 6.08 Å². The van der Waals surface area contributed by atoms with Crippen molar-refractivity contribution in [3.8, 4) is 0 Å². The fraction of sp³-hybridized carbons (Fsp3) is 0.381. The number of hydrogen-bond donors (Lipinski definition) is 1. The van der Waals surface area contributed by atoms with Gasteiger partial charge in [0.15, 0.2) is 0 Å². The van der Waals surface area contributed by atoms with Gasteiger partial charge >= 0.3 is 0 Å². The third-order valence-corrected chi connectivity index (χ3v) is 6.18. The van der Waals surface area contributed by atoms with E-state index in [1.54, 1.807) is 24.3 Å². The Morgan fingerprint density at radius 2 is 1.79 bits per heavy atom. The number of nitrogens with zero attached hydrogens (tertiary/aromatic N) is 4. The molecule has 2 N–H and O–H groups in total. The number of aryl methyl sites for hydroxylation is 1. The van der Waals surface area contributed by atoms with Gasteiger partial charge in [-0.25, -0.2) is 4.98 Å². The Kier molecular flexibility index (Phi) is 5.92. The number of fused-ring (bicyclic) bond motifs is 1. The summed E-state index contributed by atoms with van der Waals surface area (Å²) in [4.78, 5) is 25.7. The first kappa shape index (κ1) is 20.0. The van der Waals surface area contributed by atoms with Gasteiger partial charge in [-0.15, -0.1) is 0 Å². The number of piperazine rings is 1.